The van der Waals surface area contributed by atoms with Crippen molar-refractivity contribution in [3.05, 3.63) is 28.8 Å². The number of thiocarbonyl (C=S) groups is 1. The summed E-state index contributed by atoms with van der Waals surface area (Å²) in [6, 6.07) is 4.83. The van der Waals surface area contributed by atoms with Gasteiger partial charge in [0.15, 0.2) is 0 Å². The highest BCUT2D eigenvalue weighted by Gasteiger charge is 2.27. The van der Waals surface area contributed by atoms with Crippen LogP contribution in [-0.4, -0.2) is 31.0 Å². The van der Waals surface area contributed by atoms with Crippen LogP contribution in [0.5, 0.6) is 5.75 Å². The Morgan fingerprint density at radius 2 is 2.00 bits per heavy atom. The van der Waals surface area contributed by atoms with Gasteiger partial charge >= 0.3 is 6.18 Å². The van der Waals surface area contributed by atoms with Crippen LogP contribution in [0.2, 0.25) is 5.02 Å². The molecule has 1 aromatic rings. The number of ether oxygens (including phenoxy) is 2. The fourth-order valence-corrected chi connectivity index (χ4v) is 1.66. The van der Waals surface area contributed by atoms with Crippen molar-refractivity contribution >= 4 is 28.8 Å². The molecule has 0 saturated carbocycles. The van der Waals surface area contributed by atoms with Crippen molar-refractivity contribution in [2.75, 3.05) is 19.8 Å². The summed E-state index contributed by atoms with van der Waals surface area (Å²) in [4.78, 5) is 0.221. The Kier molecular flexibility index (Phi) is 6.51. The molecule has 112 valence electrons. The lowest BCUT2D eigenvalue weighted by Crippen LogP contribution is -2.18. The molecule has 0 atom stereocenters. The summed E-state index contributed by atoms with van der Waals surface area (Å²) < 4.78 is 45.1. The van der Waals surface area contributed by atoms with E-state index in [-0.39, 0.29) is 18.2 Å². The summed E-state index contributed by atoms with van der Waals surface area (Å²) in [5.74, 6) is 0.419. The molecule has 0 aliphatic rings. The van der Waals surface area contributed by atoms with Crippen LogP contribution in [0.25, 0.3) is 0 Å². The van der Waals surface area contributed by atoms with E-state index < -0.39 is 12.8 Å². The van der Waals surface area contributed by atoms with Crippen LogP contribution < -0.4 is 10.5 Å². The van der Waals surface area contributed by atoms with Crippen molar-refractivity contribution in [2.45, 2.75) is 12.6 Å². The first-order chi connectivity index (χ1) is 9.29. The summed E-state index contributed by atoms with van der Waals surface area (Å²) in [7, 11) is 0. The third-order valence-electron chi connectivity index (χ3n) is 2.17. The average Bonchev–Trinajstić information content (AvgIpc) is 2.33. The Morgan fingerprint density at radius 1 is 1.30 bits per heavy atom. The van der Waals surface area contributed by atoms with E-state index in [9.17, 15) is 13.2 Å². The van der Waals surface area contributed by atoms with Crippen molar-refractivity contribution in [3.8, 4) is 5.75 Å². The molecular weight excluding hydrogens is 315 g/mol. The van der Waals surface area contributed by atoms with Crippen LogP contribution in [0.3, 0.4) is 0 Å². The number of hydrogen-bond donors (Lipinski definition) is 1. The van der Waals surface area contributed by atoms with Crippen LogP contribution >= 0.6 is 23.8 Å². The first kappa shape index (κ1) is 17.0. The van der Waals surface area contributed by atoms with Gasteiger partial charge in [0.2, 0.25) is 0 Å². The van der Waals surface area contributed by atoms with E-state index in [1.165, 1.54) is 0 Å². The summed E-state index contributed by atoms with van der Waals surface area (Å²) >= 11 is 10.8. The minimum atomic E-state index is -4.30. The van der Waals surface area contributed by atoms with Gasteiger partial charge in [0, 0.05) is 12.0 Å². The molecular formula is C12H13ClF3NO2S. The van der Waals surface area contributed by atoms with Gasteiger partial charge in [0.25, 0.3) is 0 Å². The van der Waals surface area contributed by atoms with Crippen molar-refractivity contribution in [3.63, 3.8) is 0 Å². The van der Waals surface area contributed by atoms with Gasteiger partial charge in [-0.15, -0.1) is 0 Å². The Labute approximate surface area is 124 Å². The fraction of sp³-hybridized carbons (Fsp3) is 0.417. The molecule has 0 radical (unpaired) electrons. The van der Waals surface area contributed by atoms with Gasteiger partial charge in [-0.1, -0.05) is 23.8 Å². The van der Waals surface area contributed by atoms with Crippen molar-refractivity contribution in [2.24, 2.45) is 5.73 Å². The lowest BCUT2D eigenvalue weighted by molar-refractivity contribution is -0.174. The SMILES string of the molecule is NC(=S)c1ccc(OCCCOCC(F)(F)F)c(Cl)c1. The smallest absolute Gasteiger partial charge is 0.411 e. The second kappa shape index (κ2) is 7.66. The number of alkyl halides is 3. The van der Waals surface area contributed by atoms with Gasteiger partial charge in [0.05, 0.1) is 18.2 Å². The normalized spacial score (nSPS) is 11.4. The predicted molar refractivity (Wildman–Crippen MR) is 74.3 cm³/mol. The summed E-state index contributed by atoms with van der Waals surface area (Å²) in [5.41, 5.74) is 6.06. The van der Waals surface area contributed by atoms with Gasteiger partial charge < -0.3 is 15.2 Å². The Hall–Kier alpha value is -1.05. The zero-order chi connectivity index (χ0) is 15.2. The lowest BCUT2D eigenvalue weighted by Gasteiger charge is -2.10. The molecule has 3 nitrogen and oxygen atoms in total. The highest BCUT2D eigenvalue weighted by atomic mass is 35.5. The number of halogens is 4. The van der Waals surface area contributed by atoms with Crippen LogP contribution in [0.15, 0.2) is 18.2 Å². The number of nitrogens with two attached hydrogens (primary N) is 1. The van der Waals surface area contributed by atoms with Crippen LogP contribution in [0.1, 0.15) is 12.0 Å². The Morgan fingerprint density at radius 3 is 2.55 bits per heavy atom. The summed E-state index contributed by atoms with van der Waals surface area (Å²) in [6.07, 6.45) is -3.98. The lowest BCUT2D eigenvalue weighted by atomic mass is 10.2. The monoisotopic (exact) mass is 327 g/mol. The Bertz CT molecular complexity index is 469. The third kappa shape index (κ3) is 6.40. The second-order valence-electron chi connectivity index (χ2n) is 3.88. The summed E-state index contributed by atoms with van der Waals surface area (Å²) in [6.45, 7) is -1.09. The third-order valence-corrected chi connectivity index (χ3v) is 2.70. The largest absolute Gasteiger partial charge is 0.492 e. The van der Waals surface area contributed by atoms with Crippen molar-refractivity contribution < 1.29 is 22.6 Å². The van der Waals surface area contributed by atoms with Gasteiger partial charge in [-0.3, -0.25) is 0 Å². The topological polar surface area (TPSA) is 44.5 Å². The molecule has 8 heteroatoms. The van der Waals surface area contributed by atoms with E-state index in [2.05, 4.69) is 4.74 Å². The van der Waals surface area contributed by atoms with Gasteiger partial charge in [0.1, 0.15) is 17.3 Å². The fourth-order valence-electron chi connectivity index (χ4n) is 1.30. The molecule has 2 N–H and O–H groups in total. The molecule has 0 bridgehead atoms. The van der Waals surface area contributed by atoms with Gasteiger partial charge in [-0.2, -0.15) is 13.2 Å². The minimum Gasteiger partial charge on any atom is -0.492 e. The molecule has 0 aromatic heterocycles. The molecule has 0 heterocycles. The predicted octanol–water partition coefficient (Wildman–Crippen LogP) is 3.32. The molecule has 20 heavy (non-hydrogen) atoms. The van der Waals surface area contributed by atoms with Crippen LogP contribution in [0, 0.1) is 0 Å². The van der Waals surface area contributed by atoms with Crippen molar-refractivity contribution in [1.82, 2.24) is 0 Å². The minimum absolute atomic E-state index is 0.0396. The maximum atomic E-state index is 11.8. The number of rotatable bonds is 7. The highest BCUT2D eigenvalue weighted by Crippen LogP contribution is 2.25. The molecule has 1 aromatic carbocycles. The first-order valence-electron chi connectivity index (χ1n) is 5.66. The van der Waals surface area contributed by atoms with Crippen molar-refractivity contribution in [1.29, 1.82) is 0 Å². The molecule has 0 aliphatic heterocycles. The van der Waals surface area contributed by atoms with Crippen LogP contribution in [0.4, 0.5) is 13.2 Å². The van der Waals surface area contributed by atoms with E-state index in [0.29, 0.717) is 22.8 Å². The van der Waals surface area contributed by atoms with Crippen LogP contribution in [-0.2, 0) is 4.74 Å². The highest BCUT2D eigenvalue weighted by molar-refractivity contribution is 7.80. The Balaban J connectivity index is 2.31. The van der Waals surface area contributed by atoms with E-state index in [1.54, 1.807) is 18.2 Å². The molecule has 0 amide bonds. The zero-order valence-electron chi connectivity index (χ0n) is 10.4. The molecule has 0 fully saturated rings. The van der Waals surface area contributed by atoms with E-state index in [0.717, 1.165) is 0 Å². The standard InChI is InChI=1S/C12H13ClF3NO2S/c13-9-6-8(11(17)20)2-3-10(9)19-5-1-4-18-7-12(14,15)16/h2-3,6H,1,4-5,7H2,(H2,17,20). The first-order valence-corrected chi connectivity index (χ1v) is 6.45. The maximum Gasteiger partial charge on any atom is 0.411 e. The second-order valence-corrected chi connectivity index (χ2v) is 4.73. The average molecular weight is 328 g/mol. The summed E-state index contributed by atoms with van der Waals surface area (Å²) in [5, 5.41) is 0.339. The zero-order valence-corrected chi connectivity index (χ0v) is 11.9. The quantitative estimate of drug-likeness (QED) is 0.616. The molecule has 0 spiro atoms. The van der Waals surface area contributed by atoms with E-state index in [1.807, 2.05) is 0 Å². The molecule has 0 unspecified atom stereocenters. The maximum absolute atomic E-state index is 11.8. The number of hydrogen-bond acceptors (Lipinski definition) is 3. The van der Waals surface area contributed by atoms with Gasteiger partial charge in [-0.05, 0) is 18.2 Å². The molecule has 0 aliphatic carbocycles. The van der Waals surface area contributed by atoms with E-state index >= 15 is 0 Å². The van der Waals surface area contributed by atoms with Gasteiger partial charge in [-0.25, -0.2) is 0 Å². The molecule has 0 saturated heterocycles. The number of benzene rings is 1. The molecule has 1 rings (SSSR count). The van der Waals surface area contributed by atoms with E-state index in [4.69, 9.17) is 34.3 Å².